The minimum atomic E-state index is -0.789. The van der Waals surface area contributed by atoms with Gasteiger partial charge in [0, 0.05) is 30.4 Å². The smallest absolute Gasteiger partial charge is 0.410 e. The zero-order valence-corrected chi connectivity index (χ0v) is 15.3. The Bertz CT molecular complexity index is 752. The summed E-state index contributed by atoms with van der Waals surface area (Å²) in [4.78, 5) is 13.7. The summed E-state index contributed by atoms with van der Waals surface area (Å²) >= 11 is 0. The lowest BCUT2D eigenvalue weighted by Gasteiger charge is -2.30. The number of hydrogen-bond donors (Lipinski definition) is 1. The van der Waals surface area contributed by atoms with Crippen LogP contribution >= 0.6 is 0 Å². The number of carbonyl (C=O) groups is 1. The van der Waals surface area contributed by atoms with Crippen LogP contribution < -0.4 is 10.5 Å². The quantitative estimate of drug-likeness (QED) is 0.818. The molecule has 0 atom stereocenters. The summed E-state index contributed by atoms with van der Waals surface area (Å²) in [6.45, 7) is 6.04. The van der Waals surface area contributed by atoms with E-state index < -0.39 is 23.3 Å². The predicted octanol–water partition coefficient (Wildman–Crippen LogP) is 4.11. The molecule has 0 saturated heterocycles. The van der Waals surface area contributed by atoms with E-state index in [2.05, 4.69) is 0 Å². The summed E-state index contributed by atoms with van der Waals surface area (Å²) in [5.41, 5.74) is 6.11. The molecule has 3 rings (SSSR count). The van der Waals surface area contributed by atoms with Gasteiger partial charge in [0.25, 0.3) is 0 Å². The molecule has 0 spiro atoms. The second-order valence-corrected chi connectivity index (χ2v) is 7.69. The van der Waals surface area contributed by atoms with Crippen molar-refractivity contribution >= 4 is 17.4 Å². The van der Waals surface area contributed by atoms with Gasteiger partial charge >= 0.3 is 6.09 Å². The van der Waals surface area contributed by atoms with Crippen LogP contribution in [-0.4, -0.2) is 35.8 Å². The largest absolute Gasteiger partial charge is 0.484 e. The fourth-order valence-corrected chi connectivity index (χ4v) is 2.79. The first-order chi connectivity index (χ1) is 12.2. The summed E-state index contributed by atoms with van der Waals surface area (Å²) in [5.74, 6) is -1.93. The Labute approximate surface area is 151 Å². The average Bonchev–Trinajstić information content (AvgIpc) is 3.34. The van der Waals surface area contributed by atoms with E-state index in [0.29, 0.717) is 18.5 Å². The van der Waals surface area contributed by atoms with Crippen molar-refractivity contribution in [1.82, 2.24) is 4.90 Å². The van der Waals surface area contributed by atoms with E-state index in [9.17, 15) is 13.6 Å². The fourth-order valence-electron chi connectivity index (χ4n) is 2.79. The van der Waals surface area contributed by atoms with Crippen LogP contribution in [0.2, 0.25) is 0 Å². The Kier molecular flexibility index (Phi) is 4.82. The van der Waals surface area contributed by atoms with Crippen LogP contribution in [0.1, 0.15) is 45.6 Å². The second kappa shape index (κ2) is 6.78. The molecule has 7 heteroatoms. The predicted molar refractivity (Wildman–Crippen MR) is 94.8 cm³/mol. The lowest BCUT2D eigenvalue weighted by Crippen LogP contribution is -2.39. The Hall–Kier alpha value is -2.31. The number of nitrogen functional groups attached to an aromatic ring is 1. The molecule has 0 aromatic heterocycles. The molecule has 1 aromatic rings. The third-order valence-corrected chi connectivity index (χ3v) is 4.20. The van der Waals surface area contributed by atoms with Crippen molar-refractivity contribution in [1.29, 1.82) is 0 Å². The van der Waals surface area contributed by atoms with E-state index in [-0.39, 0.29) is 29.6 Å². The third kappa shape index (κ3) is 4.08. The molecule has 1 saturated carbocycles. The highest BCUT2D eigenvalue weighted by Crippen LogP contribution is 2.38. The number of ether oxygens (including phenoxy) is 2. The SMILES string of the molecule is CC(C)(C)OC(=O)N1CC=C(c2c(N)cc(F)c(OC3CC3)c2F)CC1. The van der Waals surface area contributed by atoms with E-state index >= 15 is 0 Å². The van der Waals surface area contributed by atoms with Crippen LogP contribution in [0.3, 0.4) is 0 Å². The van der Waals surface area contributed by atoms with Crippen molar-refractivity contribution < 1.29 is 23.0 Å². The summed E-state index contributed by atoms with van der Waals surface area (Å²) < 4.78 is 39.6. The van der Waals surface area contributed by atoms with Crippen LogP contribution in [0.15, 0.2) is 12.1 Å². The van der Waals surface area contributed by atoms with Crippen LogP contribution in [0.25, 0.3) is 5.57 Å². The molecule has 0 bridgehead atoms. The normalized spacial score (nSPS) is 17.7. The van der Waals surface area contributed by atoms with Crippen LogP contribution in [0.4, 0.5) is 19.3 Å². The molecule has 1 amide bonds. The van der Waals surface area contributed by atoms with Gasteiger partial charge < -0.3 is 20.1 Å². The molecule has 5 nitrogen and oxygen atoms in total. The zero-order valence-electron chi connectivity index (χ0n) is 15.3. The maximum Gasteiger partial charge on any atom is 0.410 e. The van der Waals surface area contributed by atoms with Crippen molar-refractivity contribution in [2.45, 2.75) is 51.7 Å². The Morgan fingerprint density at radius 3 is 2.54 bits per heavy atom. The minimum absolute atomic E-state index is 0.0279. The maximum absolute atomic E-state index is 14.9. The van der Waals surface area contributed by atoms with Crippen LogP contribution in [-0.2, 0) is 4.74 Å². The topological polar surface area (TPSA) is 64.8 Å². The standard InChI is InChI=1S/C19H24F2N2O3/c1-19(2,3)26-18(24)23-8-6-11(7-9-23)15-14(22)10-13(20)17(16(15)21)25-12-4-5-12/h6,10,12H,4-5,7-9,22H2,1-3H3. The second-order valence-electron chi connectivity index (χ2n) is 7.69. The highest BCUT2D eigenvalue weighted by Gasteiger charge is 2.30. The van der Waals surface area contributed by atoms with Gasteiger partial charge in [0.15, 0.2) is 17.4 Å². The monoisotopic (exact) mass is 366 g/mol. The number of benzene rings is 1. The molecule has 2 N–H and O–H groups in total. The van der Waals surface area contributed by atoms with Crippen LogP contribution in [0, 0.1) is 11.6 Å². The van der Waals surface area contributed by atoms with Crippen molar-refractivity contribution in [3.05, 3.63) is 29.3 Å². The average molecular weight is 366 g/mol. The number of carbonyl (C=O) groups excluding carboxylic acids is 1. The van der Waals surface area contributed by atoms with Gasteiger partial charge in [0.05, 0.1) is 6.10 Å². The first-order valence-corrected chi connectivity index (χ1v) is 8.77. The lowest BCUT2D eigenvalue weighted by molar-refractivity contribution is 0.0270. The minimum Gasteiger partial charge on any atom is -0.484 e. The molecule has 26 heavy (non-hydrogen) atoms. The summed E-state index contributed by atoms with van der Waals surface area (Å²) in [6, 6.07) is 1.09. The number of rotatable bonds is 3. The number of amides is 1. The number of nitrogens with two attached hydrogens (primary N) is 1. The first kappa shape index (κ1) is 18.5. The number of hydrogen-bond acceptors (Lipinski definition) is 4. The van der Waals surface area contributed by atoms with Crippen LogP contribution in [0.5, 0.6) is 5.75 Å². The molecule has 1 aliphatic heterocycles. The Morgan fingerprint density at radius 1 is 1.31 bits per heavy atom. The number of halogens is 2. The van der Waals surface area contributed by atoms with Crippen molar-refractivity contribution in [2.75, 3.05) is 18.8 Å². The van der Waals surface area contributed by atoms with Gasteiger partial charge in [-0.15, -0.1) is 0 Å². The third-order valence-electron chi connectivity index (χ3n) is 4.20. The Balaban J connectivity index is 1.80. The highest BCUT2D eigenvalue weighted by atomic mass is 19.1. The molecule has 1 aromatic carbocycles. The lowest BCUT2D eigenvalue weighted by atomic mass is 9.97. The molecule has 1 aliphatic carbocycles. The van der Waals surface area contributed by atoms with Gasteiger partial charge in [-0.2, -0.15) is 0 Å². The van der Waals surface area contributed by atoms with E-state index in [1.54, 1.807) is 26.8 Å². The zero-order chi connectivity index (χ0) is 19.1. The summed E-state index contributed by atoms with van der Waals surface area (Å²) in [7, 11) is 0. The molecule has 0 radical (unpaired) electrons. The molecule has 0 unspecified atom stereocenters. The van der Waals surface area contributed by atoms with Gasteiger partial charge in [-0.05, 0) is 45.6 Å². The summed E-state index contributed by atoms with van der Waals surface area (Å²) in [6.07, 6.45) is 3.17. The fraction of sp³-hybridized carbons (Fsp3) is 0.526. The van der Waals surface area contributed by atoms with E-state index in [4.69, 9.17) is 15.2 Å². The van der Waals surface area contributed by atoms with Gasteiger partial charge in [0.2, 0.25) is 0 Å². The molecule has 1 fully saturated rings. The molecule has 1 heterocycles. The van der Waals surface area contributed by atoms with E-state index in [1.165, 1.54) is 4.90 Å². The number of nitrogens with zero attached hydrogens (tertiary/aromatic N) is 1. The van der Waals surface area contributed by atoms with Gasteiger partial charge in [-0.3, -0.25) is 0 Å². The van der Waals surface area contributed by atoms with Crippen molar-refractivity contribution in [3.63, 3.8) is 0 Å². The number of anilines is 1. The first-order valence-electron chi connectivity index (χ1n) is 8.77. The molecular formula is C19H24F2N2O3. The van der Waals surface area contributed by atoms with Crippen molar-refractivity contribution in [3.8, 4) is 5.75 Å². The molecular weight excluding hydrogens is 342 g/mol. The van der Waals surface area contributed by atoms with Gasteiger partial charge in [-0.1, -0.05) is 6.08 Å². The van der Waals surface area contributed by atoms with E-state index in [0.717, 1.165) is 18.9 Å². The van der Waals surface area contributed by atoms with Gasteiger partial charge in [-0.25, -0.2) is 13.6 Å². The highest BCUT2D eigenvalue weighted by molar-refractivity contribution is 5.79. The molecule has 142 valence electrons. The molecule has 2 aliphatic rings. The summed E-state index contributed by atoms with van der Waals surface area (Å²) in [5, 5.41) is 0. The van der Waals surface area contributed by atoms with E-state index in [1.807, 2.05) is 0 Å². The van der Waals surface area contributed by atoms with Gasteiger partial charge in [0.1, 0.15) is 5.60 Å². The Morgan fingerprint density at radius 2 is 2.00 bits per heavy atom. The maximum atomic E-state index is 14.9. The van der Waals surface area contributed by atoms with Crippen molar-refractivity contribution in [2.24, 2.45) is 0 Å².